The van der Waals surface area contributed by atoms with Crippen LogP contribution in [-0.4, -0.2) is 34.5 Å². The zero-order valence-corrected chi connectivity index (χ0v) is 11.5. The number of aliphatic hydroxyl groups is 1. The van der Waals surface area contributed by atoms with Gasteiger partial charge < -0.3 is 5.11 Å². The van der Waals surface area contributed by atoms with E-state index in [0.29, 0.717) is 18.4 Å². The van der Waals surface area contributed by atoms with E-state index in [9.17, 15) is 14.7 Å². The number of hydrogen-bond donors (Lipinski definition) is 1. The van der Waals surface area contributed by atoms with Crippen molar-refractivity contribution < 1.29 is 14.7 Å². The van der Waals surface area contributed by atoms with Gasteiger partial charge in [-0.15, -0.1) is 0 Å². The zero-order chi connectivity index (χ0) is 13.6. The molecule has 0 aromatic rings. The lowest BCUT2D eigenvalue weighted by molar-refractivity contribution is -0.141. The van der Waals surface area contributed by atoms with Crippen LogP contribution in [0, 0.1) is 23.7 Å². The summed E-state index contributed by atoms with van der Waals surface area (Å²) < 4.78 is 0. The minimum absolute atomic E-state index is 0.0454. The molecule has 19 heavy (non-hydrogen) atoms. The standard InChI is InChI=1S/C15H23NO3/c1-9-5-12-13(6-9)15(19)16(14(12)18)8-10-3-2-4-11(17)7-10/h9-13,17H,2-8H2,1H3. The lowest BCUT2D eigenvalue weighted by Gasteiger charge is -2.29. The summed E-state index contributed by atoms with van der Waals surface area (Å²) in [6, 6.07) is 0. The van der Waals surface area contributed by atoms with Crippen LogP contribution in [0.25, 0.3) is 0 Å². The topological polar surface area (TPSA) is 57.6 Å². The molecular formula is C15H23NO3. The molecule has 106 valence electrons. The van der Waals surface area contributed by atoms with Gasteiger partial charge in [0.15, 0.2) is 0 Å². The number of imide groups is 1. The van der Waals surface area contributed by atoms with Gasteiger partial charge in [-0.3, -0.25) is 14.5 Å². The van der Waals surface area contributed by atoms with Crippen LogP contribution in [0.3, 0.4) is 0 Å². The second kappa shape index (κ2) is 4.89. The fourth-order valence-corrected chi connectivity index (χ4v) is 4.21. The number of likely N-dealkylation sites (tertiary alicyclic amines) is 1. The molecule has 1 aliphatic heterocycles. The van der Waals surface area contributed by atoms with Gasteiger partial charge in [0.2, 0.25) is 11.8 Å². The largest absolute Gasteiger partial charge is 0.393 e. The molecule has 0 radical (unpaired) electrons. The van der Waals surface area contributed by atoms with Crippen molar-refractivity contribution in [1.29, 1.82) is 0 Å². The summed E-state index contributed by atoms with van der Waals surface area (Å²) in [5.41, 5.74) is 0. The number of rotatable bonds is 2. The average Bonchev–Trinajstić information content (AvgIpc) is 2.84. The predicted molar refractivity (Wildman–Crippen MR) is 70.1 cm³/mol. The fourth-order valence-electron chi connectivity index (χ4n) is 4.21. The highest BCUT2D eigenvalue weighted by atomic mass is 16.3. The van der Waals surface area contributed by atoms with Crippen LogP contribution in [-0.2, 0) is 9.59 Å². The number of fused-ring (bicyclic) bond motifs is 1. The molecule has 1 saturated heterocycles. The molecule has 2 amide bonds. The Bertz CT molecular complexity index is 371. The van der Waals surface area contributed by atoms with Gasteiger partial charge in [-0.05, 0) is 43.9 Å². The molecule has 1 N–H and O–H groups in total. The van der Waals surface area contributed by atoms with E-state index in [2.05, 4.69) is 6.92 Å². The van der Waals surface area contributed by atoms with Crippen molar-refractivity contribution in [3.63, 3.8) is 0 Å². The van der Waals surface area contributed by atoms with Crippen LogP contribution >= 0.6 is 0 Å². The van der Waals surface area contributed by atoms with Crippen molar-refractivity contribution in [3.05, 3.63) is 0 Å². The molecular weight excluding hydrogens is 242 g/mol. The first kappa shape index (κ1) is 13.1. The maximum atomic E-state index is 12.3. The molecule has 4 nitrogen and oxygen atoms in total. The molecule has 0 spiro atoms. The average molecular weight is 265 g/mol. The normalized spacial score (nSPS) is 42.8. The molecule has 0 aromatic carbocycles. The number of aliphatic hydroxyl groups excluding tert-OH is 1. The van der Waals surface area contributed by atoms with Crippen molar-refractivity contribution in [2.75, 3.05) is 6.54 Å². The third-order valence-corrected chi connectivity index (χ3v) is 5.16. The maximum absolute atomic E-state index is 12.3. The molecule has 4 atom stereocenters. The van der Waals surface area contributed by atoms with Crippen molar-refractivity contribution >= 4 is 11.8 Å². The molecule has 2 saturated carbocycles. The van der Waals surface area contributed by atoms with E-state index in [-0.39, 0.29) is 29.8 Å². The first-order valence-electron chi connectivity index (χ1n) is 7.59. The lowest BCUT2D eigenvalue weighted by atomic mass is 9.87. The molecule has 3 fully saturated rings. The molecule has 3 aliphatic rings. The van der Waals surface area contributed by atoms with Gasteiger partial charge in [-0.1, -0.05) is 13.3 Å². The van der Waals surface area contributed by atoms with E-state index in [1.165, 1.54) is 4.90 Å². The van der Waals surface area contributed by atoms with Gasteiger partial charge in [-0.2, -0.15) is 0 Å². The summed E-state index contributed by atoms with van der Waals surface area (Å²) in [5, 5.41) is 9.69. The van der Waals surface area contributed by atoms with E-state index in [1.54, 1.807) is 0 Å². The molecule has 0 bridgehead atoms. The Morgan fingerprint density at radius 1 is 1.11 bits per heavy atom. The van der Waals surface area contributed by atoms with Gasteiger partial charge in [-0.25, -0.2) is 0 Å². The van der Waals surface area contributed by atoms with Crippen LogP contribution in [0.5, 0.6) is 0 Å². The first-order valence-corrected chi connectivity index (χ1v) is 7.59. The third kappa shape index (κ3) is 2.31. The minimum Gasteiger partial charge on any atom is -0.393 e. The quantitative estimate of drug-likeness (QED) is 0.771. The zero-order valence-electron chi connectivity index (χ0n) is 11.5. The van der Waals surface area contributed by atoms with Crippen molar-refractivity contribution in [2.24, 2.45) is 23.7 Å². The molecule has 0 aromatic heterocycles. The van der Waals surface area contributed by atoms with E-state index in [4.69, 9.17) is 0 Å². The number of hydrogen-bond acceptors (Lipinski definition) is 3. The van der Waals surface area contributed by atoms with Gasteiger partial charge in [0, 0.05) is 6.54 Å². The second-order valence-corrected chi connectivity index (χ2v) is 6.76. The van der Waals surface area contributed by atoms with E-state index < -0.39 is 0 Å². The summed E-state index contributed by atoms with van der Waals surface area (Å²) >= 11 is 0. The summed E-state index contributed by atoms with van der Waals surface area (Å²) in [7, 11) is 0. The smallest absolute Gasteiger partial charge is 0.233 e. The monoisotopic (exact) mass is 265 g/mol. The predicted octanol–water partition coefficient (Wildman–Crippen LogP) is 1.57. The van der Waals surface area contributed by atoms with Crippen molar-refractivity contribution in [2.45, 2.75) is 51.6 Å². The Balaban J connectivity index is 1.66. The SMILES string of the molecule is CC1CC2C(=O)N(CC3CCCC(O)C3)C(=O)C2C1. The number of carbonyl (C=O) groups is 2. The van der Waals surface area contributed by atoms with Crippen LogP contribution < -0.4 is 0 Å². The molecule has 4 heteroatoms. The number of amides is 2. The Hall–Kier alpha value is -0.900. The Kier molecular flexibility index (Phi) is 3.37. The maximum Gasteiger partial charge on any atom is 0.233 e. The van der Waals surface area contributed by atoms with E-state index in [1.807, 2.05) is 0 Å². The van der Waals surface area contributed by atoms with Gasteiger partial charge in [0.25, 0.3) is 0 Å². The summed E-state index contributed by atoms with van der Waals surface area (Å²) in [6.45, 7) is 2.66. The summed E-state index contributed by atoms with van der Waals surface area (Å²) in [6.07, 6.45) is 5.14. The second-order valence-electron chi connectivity index (χ2n) is 6.76. The Labute approximate surface area is 114 Å². The lowest BCUT2D eigenvalue weighted by Crippen LogP contribution is -2.38. The number of carbonyl (C=O) groups excluding carboxylic acids is 2. The van der Waals surface area contributed by atoms with Gasteiger partial charge >= 0.3 is 0 Å². The Morgan fingerprint density at radius 2 is 1.74 bits per heavy atom. The molecule has 4 unspecified atom stereocenters. The molecule has 3 rings (SSSR count). The summed E-state index contributed by atoms with van der Waals surface area (Å²) in [4.78, 5) is 26.2. The van der Waals surface area contributed by atoms with E-state index >= 15 is 0 Å². The van der Waals surface area contributed by atoms with Crippen molar-refractivity contribution in [3.8, 4) is 0 Å². The van der Waals surface area contributed by atoms with Crippen LogP contribution in [0.1, 0.15) is 45.4 Å². The summed E-state index contributed by atoms with van der Waals surface area (Å²) in [5.74, 6) is 0.820. The highest BCUT2D eigenvalue weighted by molar-refractivity contribution is 6.05. The van der Waals surface area contributed by atoms with Crippen molar-refractivity contribution in [1.82, 2.24) is 4.90 Å². The third-order valence-electron chi connectivity index (χ3n) is 5.16. The minimum atomic E-state index is -0.244. The highest BCUT2D eigenvalue weighted by Crippen LogP contribution is 2.43. The van der Waals surface area contributed by atoms with E-state index in [0.717, 1.165) is 38.5 Å². The highest BCUT2D eigenvalue weighted by Gasteiger charge is 2.51. The van der Waals surface area contributed by atoms with Crippen LogP contribution in [0.15, 0.2) is 0 Å². The molecule has 1 heterocycles. The van der Waals surface area contributed by atoms with Gasteiger partial charge in [0.05, 0.1) is 17.9 Å². The molecule has 2 aliphatic carbocycles. The van der Waals surface area contributed by atoms with Crippen LogP contribution in [0.2, 0.25) is 0 Å². The first-order chi connectivity index (χ1) is 9.06. The Morgan fingerprint density at radius 3 is 2.32 bits per heavy atom. The number of nitrogens with zero attached hydrogens (tertiary/aromatic N) is 1. The fraction of sp³-hybridized carbons (Fsp3) is 0.867. The van der Waals surface area contributed by atoms with Gasteiger partial charge in [0.1, 0.15) is 0 Å². The van der Waals surface area contributed by atoms with Crippen LogP contribution in [0.4, 0.5) is 0 Å².